The van der Waals surface area contributed by atoms with Crippen LogP contribution in [0.3, 0.4) is 0 Å². The number of nitrogens with one attached hydrogen (secondary N) is 1. The van der Waals surface area contributed by atoms with Gasteiger partial charge in [-0.05, 0) is 18.2 Å². The van der Waals surface area contributed by atoms with E-state index in [9.17, 15) is 14.0 Å². The van der Waals surface area contributed by atoms with Gasteiger partial charge in [0.2, 0.25) is 0 Å². The Bertz CT molecular complexity index is 1220. The van der Waals surface area contributed by atoms with Gasteiger partial charge < -0.3 is 4.74 Å². The summed E-state index contributed by atoms with van der Waals surface area (Å²) in [6.45, 7) is 0.0135. The van der Waals surface area contributed by atoms with Crippen LogP contribution in [0.15, 0.2) is 59.5 Å². The third kappa shape index (κ3) is 3.39. The minimum atomic E-state index is -0.487. The van der Waals surface area contributed by atoms with E-state index in [-0.39, 0.29) is 24.1 Å². The summed E-state index contributed by atoms with van der Waals surface area (Å²) in [6, 6.07) is 13.3. The van der Waals surface area contributed by atoms with Crippen LogP contribution in [0.2, 0.25) is 0 Å². The third-order valence-electron chi connectivity index (χ3n) is 4.20. The molecule has 0 amide bonds. The Morgan fingerprint density at radius 2 is 1.93 bits per heavy atom. The molecule has 6 nitrogen and oxygen atoms in total. The van der Waals surface area contributed by atoms with Crippen molar-refractivity contribution in [2.75, 3.05) is 0 Å². The molecule has 4 rings (SSSR count). The van der Waals surface area contributed by atoms with Gasteiger partial charge in [-0.15, -0.1) is 0 Å². The molecule has 0 aliphatic carbocycles. The molecule has 0 spiro atoms. The largest absolute Gasteiger partial charge is 0.460 e. The molecule has 2 aromatic heterocycles. The van der Waals surface area contributed by atoms with Crippen LogP contribution in [-0.4, -0.2) is 21.2 Å². The van der Waals surface area contributed by atoms with Gasteiger partial charge in [0.1, 0.15) is 17.9 Å². The molecule has 0 bridgehead atoms. The minimum absolute atomic E-state index is 0.0135. The molecule has 0 unspecified atom stereocenters. The highest BCUT2D eigenvalue weighted by Gasteiger charge is 2.12. The Labute approximate surface area is 152 Å². The molecular weight excluding hydrogens is 349 g/mol. The zero-order chi connectivity index (χ0) is 18.8. The van der Waals surface area contributed by atoms with E-state index in [0.29, 0.717) is 27.4 Å². The van der Waals surface area contributed by atoms with E-state index in [2.05, 4.69) is 15.2 Å². The number of hydrogen-bond acceptors (Lipinski definition) is 5. The van der Waals surface area contributed by atoms with Crippen molar-refractivity contribution >= 4 is 27.6 Å². The maximum absolute atomic E-state index is 13.7. The third-order valence-corrected chi connectivity index (χ3v) is 4.20. The number of hydrogen-bond donors (Lipinski definition) is 1. The maximum atomic E-state index is 13.7. The minimum Gasteiger partial charge on any atom is -0.460 e. The first-order valence-corrected chi connectivity index (χ1v) is 8.27. The van der Waals surface area contributed by atoms with Gasteiger partial charge in [0.05, 0.1) is 17.5 Å². The standard InChI is InChI=1S/C20H14FN3O3/c21-16-7-3-4-13-8-12(10-22-19(13)16)11-27-18(25)9-17-14-5-1-2-6-15(14)20(26)24-23-17/h1-8,10H,9,11H2,(H,24,26). The van der Waals surface area contributed by atoms with Crippen molar-refractivity contribution in [1.29, 1.82) is 0 Å². The van der Waals surface area contributed by atoms with E-state index in [0.717, 1.165) is 0 Å². The lowest BCUT2D eigenvalue weighted by Gasteiger charge is -2.07. The van der Waals surface area contributed by atoms with Crippen LogP contribution in [0.1, 0.15) is 11.3 Å². The van der Waals surface area contributed by atoms with Crippen LogP contribution in [0.25, 0.3) is 21.7 Å². The Balaban J connectivity index is 1.49. The SMILES string of the molecule is O=C(Cc1n[nH]c(=O)c2ccccc12)OCc1cnc2c(F)cccc2c1. The van der Waals surface area contributed by atoms with Gasteiger partial charge in [-0.3, -0.25) is 14.6 Å². The van der Waals surface area contributed by atoms with Crippen LogP contribution in [0.5, 0.6) is 0 Å². The van der Waals surface area contributed by atoms with Crippen molar-refractivity contribution in [3.05, 3.63) is 82.2 Å². The Morgan fingerprint density at radius 3 is 2.78 bits per heavy atom. The summed E-state index contributed by atoms with van der Waals surface area (Å²) in [7, 11) is 0. The molecule has 0 aliphatic heterocycles. The average molecular weight is 363 g/mol. The molecule has 134 valence electrons. The number of nitrogens with zero attached hydrogens (tertiary/aromatic N) is 2. The first-order chi connectivity index (χ1) is 13.1. The van der Waals surface area contributed by atoms with E-state index in [1.54, 1.807) is 42.5 Å². The molecule has 27 heavy (non-hydrogen) atoms. The van der Waals surface area contributed by atoms with Crippen molar-refractivity contribution in [3.8, 4) is 0 Å². The molecular formula is C20H14FN3O3. The van der Waals surface area contributed by atoms with Gasteiger partial charge in [-0.1, -0.05) is 30.3 Å². The van der Waals surface area contributed by atoms with Gasteiger partial charge in [0.15, 0.2) is 0 Å². The lowest BCUT2D eigenvalue weighted by molar-refractivity contribution is -0.144. The molecule has 0 saturated heterocycles. The zero-order valence-corrected chi connectivity index (χ0v) is 14.1. The number of benzene rings is 2. The molecule has 7 heteroatoms. The van der Waals surface area contributed by atoms with Crippen LogP contribution in [0.4, 0.5) is 4.39 Å². The molecule has 2 heterocycles. The van der Waals surface area contributed by atoms with Crippen molar-refractivity contribution in [3.63, 3.8) is 0 Å². The zero-order valence-electron chi connectivity index (χ0n) is 14.1. The second-order valence-electron chi connectivity index (χ2n) is 6.04. The average Bonchev–Trinajstić information content (AvgIpc) is 2.69. The Kier molecular flexibility index (Phi) is 4.33. The lowest BCUT2D eigenvalue weighted by Crippen LogP contribution is -2.15. The fourth-order valence-electron chi connectivity index (χ4n) is 2.91. The van der Waals surface area contributed by atoms with Crippen LogP contribution in [-0.2, 0) is 22.6 Å². The summed E-state index contributed by atoms with van der Waals surface area (Å²) in [4.78, 5) is 28.1. The van der Waals surface area contributed by atoms with E-state index >= 15 is 0 Å². The molecule has 0 atom stereocenters. The number of carbonyl (C=O) groups is 1. The number of esters is 1. The number of para-hydroxylation sites is 1. The van der Waals surface area contributed by atoms with E-state index in [1.165, 1.54) is 12.3 Å². The summed E-state index contributed by atoms with van der Waals surface area (Å²) in [5, 5.41) is 8.06. The number of aromatic amines is 1. The second-order valence-corrected chi connectivity index (χ2v) is 6.04. The molecule has 2 aromatic carbocycles. The second kappa shape index (κ2) is 6.95. The van der Waals surface area contributed by atoms with Crippen LogP contribution < -0.4 is 5.56 Å². The van der Waals surface area contributed by atoms with Crippen LogP contribution in [0, 0.1) is 5.82 Å². The van der Waals surface area contributed by atoms with Gasteiger partial charge >= 0.3 is 5.97 Å². The summed E-state index contributed by atoms with van der Waals surface area (Å²) >= 11 is 0. The Morgan fingerprint density at radius 1 is 1.11 bits per heavy atom. The van der Waals surface area contributed by atoms with E-state index < -0.39 is 11.8 Å². The molecule has 0 saturated carbocycles. The number of pyridine rings is 1. The summed E-state index contributed by atoms with van der Waals surface area (Å²) in [6.07, 6.45) is 1.40. The van der Waals surface area contributed by atoms with Crippen molar-refractivity contribution in [2.45, 2.75) is 13.0 Å². The Hall–Kier alpha value is -3.61. The van der Waals surface area contributed by atoms with Gasteiger partial charge in [0, 0.05) is 22.5 Å². The van der Waals surface area contributed by atoms with Gasteiger partial charge in [-0.25, -0.2) is 9.49 Å². The number of ether oxygens (including phenoxy) is 1. The summed E-state index contributed by atoms with van der Waals surface area (Å²) in [5.41, 5.74) is 1.06. The van der Waals surface area contributed by atoms with Gasteiger partial charge in [0.25, 0.3) is 5.56 Å². The number of H-pyrrole nitrogens is 1. The topological polar surface area (TPSA) is 84.9 Å². The van der Waals surface area contributed by atoms with Gasteiger partial charge in [-0.2, -0.15) is 5.10 Å². The predicted octanol–water partition coefficient (Wildman–Crippen LogP) is 2.90. The molecule has 0 aliphatic rings. The summed E-state index contributed by atoms with van der Waals surface area (Å²) < 4.78 is 18.9. The summed E-state index contributed by atoms with van der Waals surface area (Å²) in [5.74, 6) is -0.883. The smallest absolute Gasteiger partial charge is 0.312 e. The normalized spacial score (nSPS) is 11.0. The van der Waals surface area contributed by atoms with E-state index in [4.69, 9.17) is 4.74 Å². The molecule has 1 N–H and O–H groups in total. The maximum Gasteiger partial charge on any atom is 0.312 e. The predicted molar refractivity (Wildman–Crippen MR) is 97.6 cm³/mol. The monoisotopic (exact) mass is 363 g/mol. The van der Waals surface area contributed by atoms with Crippen molar-refractivity contribution in [1.82, 2.24) is 15.2 Å². The number of halogens is 1. The number of fused-ring (bicyclic) bond motifs is 2. The highest BCUT2D eigenvalue weighted by Crippen LogP contribution is 2.17. The highest BCUT2D eigenvalue weighted by molar-refractivity contribution is 5.86. The number of aromatic nitrogens is 3. The van der Waals surface area contributed by atoms with Crippen molar-refractivity contribution < 1.29 is 13.9 Å². The van der Waals surface area contributed by atoms with Crippen molar-refractivity contribution in [2.24, 2.45) is 0 Å². The first kappa shape index (κ1) is 16.8. The van der Waals surface area contributed by atoms with E-state index in [1.807, 2.05) is 0 Å². The lowest BCUT2D eigenvalue weighted by atomic mass is 10.1. The number of carbonyl (C=O) groups excluding carboxylic acids is 1. The fraction of sp³-hybridized carbons (Fsp3) is 0.100. The molecule has 4 aromatic rings. The quantitative estimate of drug-likeness (QED) is 0.564. The fourth-order valence-corrected chi connectivity index (χ4v) is 2.91. The number of rotatable bonds is 4. The van der Waals surface area contributed by atoms with Crippen LogP contribution >= 0.6 is 0 Å². The first-order valence-electron chi connectivity index (χ1n) is 8.27. The molecule has 0 fully saturated rings. The molecule has 0 radical (unpaired) electrons. The highest BCUT2D eigenvalue weighted by atomic mass is 19.1.